The average Bonchev–Trinajstić information content (AvgIpc) is 3.26. The molecule has 0 bridgehead atoms. The highest BCUT2D eigenvalue weighted by molar-refractivity contribution is 7.92. The molecule has 2 aromatic carbocycles. The number of fused-ring (bicyclic) bond motifs is 3. The van der Waals surface area contributed by atoms with Gasteiger partial charge in [-0.15, -0.1) is 0 Å². The molecular formula is C26H27N3O4S. The number of carbonyl (C=O) groups is 1. The normalized spacial score (nSPS) is 25.6. The van der Waals surface area contributed by atoms with E-state index in [0.29, 0.717) is 17.7 Å². The molecule has 8 heteroatoms. The number of aliphatic hydroxyl groups excluding tert-OH is 1. The van der Waals surface area contributed by atoms with Gasteiger partial charge in [0.05, 0.1) is 23.9 Å². The van der Waals surface area contributed by atoms with Crippen LogP contribution in [0.3, 0.4) is 0 Å². The van der Waals surface area contributed by atoms with Crippen LogP contribution in [0, 0.1) is 11.8 Å². The fourth-order valence-corrected chi connectivity index (χ4v) is 6.50. The van der Waals surface area contributed by atoms with Crippen LogP contribution in [0.1, 0.15) is 36.6 Å². The van der Waals surface area contributed by atoms with Crippen molar-refractivity contribution in [2.24, 2.45) is 11.8 Å². The number of benzene rings is 2. The Labute approximate surface area is 199 Å². The largest absolute Gasteiger partial charge is 0.515 e. The maximum atomic E-state index is 13.0. The number of hydrogen-bond donors (Lipinski definition) is 3. The third-order valence-electron chi connectivity index (χ3n) is 7.33. The summed E-state index contributed by atoms with van der Waals surface area (Å²) in [7, 11) is -3.40. The van der Waals surface area contributed by atoms with Crippen molar-refractivity contribution < 1.29 is 18.3 Å². The Bertz CT molecular complexity index is 1390. The van der Waals surface area contributed by atoms with E-state index < -0.39 is 15.4 Å². The molecule has 0 spiro atoms. The van der Waals surface area contributed by atoms with Crippen molar-refractivity contribution >= 4 is 21.5 Å². The summed E-state index contributed by atoms with van der Waals surface area (Å²) in [4.78, 5) is 13.0. The molecule has 176 valence electrons. The lowest BCUT2D eigenvalue weighted by Gasteiger charge is -2.49. The minimum absolute atomic E-state index is 0.00202. The Hall–Kier alpha value is -3.39. The van der Waals surface area contributed by atoms with Crippen molar-refractivity contribution in [2.45, 2.75) is 31.6 Å². The number of carbonyl (C=O) groups excluding carboxylic acids is 1. The van der Waals surface area contributed by atoms with Crippen molar-refractivity contribution in [3.05, 3.63) is 83.3 Å². The molecule has 0 amide bonds. The van der Waals surface area contributed by atoms with Crippen LogP contribution < -0.4 is 4.72 Å². The number of anilines is 1. The van der Waals surface area contributed by atoms with Crippen LogP contribution in [0.15, 0.2) is 66.4 Å². The fraction of sp³-hybridized carbons (Fsp3) is 0.308. The van der Waals surface area contributed by atoms with Gasteiger partial charge in [-0.1, -0.05) is 49.4 Å². The quantitative estimate of drug-likeness (QED) is 0.382. The van der Waals surface area contributed by atoms with Gasteiger partial charge in [0.1, 0.15) is 0 Å². The number of rotatable bonds is 4. The first-order valence-electron chi connectivity index (χ1n) is 11.3. The topological polar surface area (TPSA) is 112 Å². The summed E-state index contributed by atoms with van der Waals surface area (Å²) in [6.45, 7) is 1.95. The lowest BCUT2D eigenvalue weighted by Crippen LogP contribution is -2.50. The molecule has 1 fully saturated rings. The highest BCUT2D eigenvalue weighted by atomic mass is 32.2. The molecule has 0 saturated heterocycles. The van der Waals surface area contributed by atoms with Crippen LogP contribution in [-0.2, 0) is 26.7 Å². The van der Waals surface area contributed by atoms with Gasteiger partial charge in [0, 0.05) is 33.7 Å². The number of aromatic nitrogens is 2. The van der Waals surface area contributed by atoms with E-state index in [0.717, 1.165) is 53.4 Å². The molecule has 1 aromatic heterocycles. The molecule has 3 atom stereocenters. The van der Waals surface area contributed by atoms with Gasteiger partial charge in [-0.3, -0.25) is 14.6 Å². The number of Topliss-reactive ketones (excluding diaryl/α,β-unsaturated/α-hetero) is 1. The van der Waals surface area contributed by atoms with Gasteiger partial charge >= 0.3 is 0 Å². The van der Waals surface area contributed by atoms with E-state index >= 15 is 0 Å². The highest BCUT2D eigenvalue weighted by Gasteiger charge is 2.55. The third-order valence-corrected chi connectivity index (χ3v) is 7.94. The van der Waals surface area contributed by atoms with E-state index in [4.69, 9.17) is 5.10 Å². The average molecular weight is 478 g/mol. The van der Waals surface area contributed by atoms with Crippen LogP contribution in [0.4, 0.5) is 5.69 Å². The molecule has 2 aliphatic rings. The lowest BCUT2D eigenvalue weighted by molar-refractivity contribution is -0.123. The van der Waals surface area contributed by atoms with Gasteiger partial charge in [0.15, 0.2) is 5.78 Å². The Morgan fingerprint density at radius 1 is 1.18 bits per heavy atom. The van der Waals surface area contributed by atoms with Crippen molar-refractivity contribution in [2.75, 3.05) is 11.0 Å². The van der Waals surface area contributed by atoms with Crippen molar-refractivity contribution in [1.29, 1.82) is 0 Å². The fourth-order valence-electron chi connectivity index (χ4n) is 5.94. The highest BCUT2D eigenvalue weighted by Crippen LogP contribution is 2.56. The van der Waals surface area contributed by atoms with Gasteiger partial charge < -0.3 is 5.11 Å². The lowest BCUT2D eigenvalue weighted by atomic mass is 9.52. The maximum Gasteiger partial charge on any atom is 0.229 e. The summed E-state index contributed by atoms with van der Waals surface area (Å²) >= 11 is 0. The SMILES string of the molecule is C[C@@H]1C(=O)/C(=C\O)C[C@]2(c3ccccc3)c3n[nH]c(-c4cccc(NS(C)(=O)=O)c4)c3CC[C@@H]12. The predicted molar refractivity (Wildman–Crippen MR) is 131 cm³/mol. The monoisotopic (exact) mass is 477 g/mol. The summed E-state index contributed by atoms with van der Waals surface area (Å²) in [6.07, 6.45) is 4.02. The molecule has 0 unspecified atom stereocenters. The van der Waals surface area contributed by atoms with Crippen LogP contribution in [-0.4, -0.2) is 35.8 Å². The van der Waals surface area contributed by atoms with Crippen LogP contribution in [0.2, 0.25) is 0 Å². The van der Waals surface area contributed by atoms with Gasteiger partial charge in [-0.25, -0.2) is 8.42 Å². The van der Waals surface area contributed by atoms with Crippen LogP contribution in [0.25, 0.3) is 11.3 Å². The van der Waals surface area contributed by atoms with E-state index in [1.54, 1.807) is 12.1 Å². The molecule has 5 rings (SSSR count). The summed E-state index contributed by atoms with van der Waals surface area (Å²) in [5, 5.41) is 17.9. The molecule has 1 heterocycles. The van der Waals surface area contributed by atoms with E-state index in [9.17, 15) is 18.3 Å². The number of H-pyrrole nitrogens is 1. The summed E-state index contributed by atoms with van der Waals surface area (Å²) in [5.41, 5.74) is 5.07. The van der Waals surface area contributed by atoms with Crippen molar-refractivity contribution in [3.63, 3.8) is 0 Å². The summed E-state index contributed by atoms with van der Waals surface area (Å²) in [6, 6.07) is 17.3. The smallest absolute Gasteiger partial charge is 0.229 e. The first-order valence-corrected chi connectivity index (χ1v) is 13.2. The third kappa shape index (κ3) is 3.53. The maximum absolute atomic E-state index is 13.0. The number of nitrogens with one attached hydrogen (secondary N) is 2. The molecule has 34 heavy (non-hydrogen) atoms. The second kappa shape index (κ2) is 8.13. The molecule has 0 aliphatic heterocycles. The van der Waals surface area contributed by atoms with E-state index in [1.165, 1.54) is 0 Å². The van der Waals surface area contributed by atoms with E-state index in [2.05, 4.69) is 22.0 Å². The molecular weight excluding hydrogens is 450 g/mol. The Kier molecular flexibility index (Phi) is 5.36. The first-order chi connectivity index (χ1) is 16.2. The number of sulfonamides is 1. The first kappa shape index (κ1) is 22.4. The number of hydrogen-bond acceptors (Lipinski definition) is 5. The zero-order valence-electron chi connectivity index (χ0n) is 19.1. The van der Waals surface area contributed by atoms with E-state index in [-0.39, 0.29) is 17.6 Å². The molecule has 0 radical (unpaired) electrons. The number of aliphatic hydroxyl groups is 1. The zero-order valence-corrected chi connectivity index (χ0v) is 19.9. The number of ketones is 1. The molecule has 1 saturated carbocycles. The van der Waals surface area contributed by atoms with Crippen LogP contribution >= 0.6 is 0 Å². The van der Waals surface area contributed by atoms with Gasteiger partial charge in [-0.05, 0) is 42.9 Å². The minimum atomic E-state index is -3.40. The molecule has 7 nitrogen and oxygen atoms in total. The Morgan fingerprint density at radius 3 is 2.65 bits per heavy atom. The molecule has 3 aromatic rings. The minimum Gasteiger partial charge on any atom is -0.515 e. The van der Waals surface area contributed by atoms with Gasteiger partial charge in [0.2, 0.25) is 10.0 Å². The molecule has 3 N–H and O–H groups in total. The van der Waals surface area contributed by atoms with E-state index in [1.807, 2.05) is 37.3 Å². The summed E-state index contributed by atoms with van der Waals surface area (Å²) in [5.74, 6) is -0.200. The second-order valence-electron chi connectivity index (χ2n) is 9.35. The van der Waals surface area contributed by atoms with Crippen LogP contribution in [0.5, 0.6) is 0 Å². The number of nitrogens with zero attached hydrogens (tertiary/aromatic N) is 1. The standard InChI is InChI=1S/C26H27N3O4S/c1-16-22-12-11-21-23(17-7-6-10-20(13-17)29-34(2,32)33)27-28-25(21)26(22,14-18(15-30)24(16)31)19-8-4-3-5-9-19/h3-10,13,15-16,22,29-30H,11-12,14H2,1-2H3,(H,27,28)/b18-15-/t16-,22-,26+/m0/s1. The Morgan fingerprint density at radius 2 is 1.94 bits per heavy atom. The van der Waals surface area contributed by atoms with Gasteiger partial charge in [0.25, 0.3) is 0 Å². The van der Waals surface area contributed by atoms with Crippen molar-refractivity contribution in [3.8, 4) is 11.3 Å². The molecule has 2 aliphatic carbocycles. The number of aromatic amines is 1. The summed E-state index contributed by atoms with van der Waals surface area (Å²) < 4.78 is 26.0. The van der Waals surface area contributed by atoms with Crippen molar-refractivity contribution in [1.82, 2.24) is 10.2 Å². The second-order valence-corrected chi connectivity index (χ2v) is 11.1. The number of allylic oxidation sites excluding steroid dienone is 1. The predicted octanol–water partition coefficient (Wildman–Crippen LogP) is 4.35. The Balaban J connectivity index is 1.69. The zero-order chi connectivity index (χ0) is 24.1. The van der Waals surface area contributed by atoms with Gasteiger partial charge in [-0.2, -0.15) is 5.10 Å².